The van der Waals surface area contributed by atoms with Crippen LogP contribution in [0.3, 0.4) is 0 Å². The second-order valence-electron chi connectivity index (χ2n) is 7.67. The third kappa shape index (κ3) is 5.21. The van der Waals surface area contributed by atoms with E-state index >= 15 is 0 Å². The summed E-state index contributed by atoms with van der Waals surface area (Å²) in [7, 11) is 1.65. The van der Waals surface area contributed by atoms with E-state index in [9.17, 15) is 4.79 Å². The molecule has 1 aliphatic rings. The van der Waals surface area contributed by atoms with Crippen molar-refractivity contribution in [3.8, 4) is 5.75 Å². The molecule has 2 aromatic carbocycles. The molecule has 0 radical (unpaired) electrons. The summed E-state index contributed by atoms with van der Waals surface area (Å²) in [6, 6.07) is 14.0. The smallest absolute Gasteiger partial charge is 0.163 e. The number of fused-ring (bicyclic) bond motifs is 1. The molecule has 1 heterocycles. The number of Topliss-reactive ketones (excluding diaryl/α,β-unsaturated/α-hetero) is 1. The van der Waals surface area contributed by atoms with Crippen LogP contribution in [0.4, 0.5) is 0 Å². The Balaban J connectivity index is 1.66. The normalized spacial score (nSPS) is 14.3. The van der Waals surface area contributed by atoms with E-state index in [1.165, 1.54) is 0 Å². The van der Waals surface area contributed by atoms with Crippen molar-refractivity contribution in [3.63, 3.8) is 0 Å². The van der Waals surface area contributed by atoms with Crippen molar-refractivity contribution in [2.75, 3.05) is 20.3 Å². The Labute approximate surface area is 182 Å². The van der Waals surface area contributed by atoms with Gasteiger partial charge >= 0.3 is 0 Å². The van der Waals surface area contributed by atoms with Gasteiger partial charge in [0.25, 0.3) is 0 Å². The van der Waals surface area contributed by atoms with Crippen molar-refractivity contribution in [1.82, 2.24) is 9.55 Å². The van der Waals surface area contributed by atoms with Gasteiger partial charge in [-0.15, -0.1) is 0 Å². The number of nitrogens with zero attached hydrogens (tertiary/aromatic N) is 2. The van der Waals surface area contributed by atoms with Crippen molar-refractivity contribution in [2.45, 2.75) is 38.5 Å². The maximum absolute atomic E-state index is 12.5. The topological polar surface area (TPSA) is 62.6 Å². The summed E-state index contributed by atoms with van der Waals surface area (Å²) in [5.41, 5.74) is 3.90. The quantitative estimate of drug-likeness (QED) is 0.455. The predicted molar refractivity (Wildman–Crippen MR) is 117 cm³/mol. The molecule has 1 aromatic heterocycles. The Kier molecular flexibility index (Phi) is 7.12. The van der Waals surface area contributed by atoms with E-state index < -0.39 is 0 Å². The summed E-state index contributed by atoms with van der Waals surface area (Å²) in [6.07, 6.45) is 7.60. The first kappa shape index (κ1) is 21.3. The van der Waals surface area contributed by atoms with Crippen LogP contribution in [0, 0.1) is 0 Å². The molecule has 1 unspecified atom stereocenters. The molecule has 0 amide bonds. The van der Waals surface area contributed by atoms with Gasteiger partial charge in [-0.1, -0.05) is 30.3 Å². The number of rotatable bonds is 10. The molecule has 0 saturated carbocycles. The molecule has 1 atom stereocenters. The maximum atomic E-state index is 12.5. The van der Waals surface area contributed by atoms with Gasteiger partial charge in [0, 0.05) is 37.1 Å². The van der Waals surface area contributed by atoms with Crippen molar-refractivity contribution in [3.05, 3.63) is 83.4 Å². The Morgan fingerprint density at radius 3 is 2.74 bits per heavy atom. The monoisotopic (exact) mass is 420 g/mol. The molecule has 0 spiro atoms. The van der Waals surface area contributed by atoms with Crippen LogP contribution in [0.2, 0.25) is 0 Å². The molecular weight excluding hydrogens is 392 g/mol. The van der Waals surface area contributed by atoms with Gasteiger partial charge in [-0.2, -0.15) is 0 Å². The number of carbonyl (C=O) groups is 1. The Bertz CT molecular complexity index is 986. The molecule has 6 nitrogen and oxygen atoms in total. The van der Waals surface area contributed by atoms with E-state index in [4.69, 9.17) is 14.2 Å². The second kappa shape index (κ2) is 10.4. The fraction of sp³-hybridized carbons (Fsp3) is 0.360. The number of methoxy groups -OCH3 is 1. The standard InChI is InChI=1S/C25H28N2O4/c1-29-14-15-30-17-22-20-8-5-9-23(28)21(20)10-11-24(22)31-25(16-27-13-12-26-18-27)19-6-3-2-4-7-19/h2-4,6-7,10-13,18,25H,5,8-9,14-17H2,1H3. The van der Waals surface area contributed by atoms with Crippen LogP contribution in [0.1, 0.15) is 46.0 Å². The van der Waals surface area contributed by atoms with E-state index in [0.29, 0.717) is 32.8 Å². The first-order valence-corrected chi connectivity index (χ1v) is 10.7. The van der Waals surface area contributed by atoms with Gasteiger partial charge in [-0.05, 0) is 36.1 Å². The Hall–Kier alpha value is -2.96. The first-order chi connectivity index (χ1) is 15.3. The molecule has 0 fully saturated rings. The van der Waals surface area contributed by atoms with Crippen LogP contribution in [-0.2, 0) is 29.0 Å². The molecule has 1 aliphatic carbocycles. The fourth-order valence-corrected chi connectivity index (χ4v) is 3.98. The maximum Gasteiger partial charge on any atom is 0.163 e. The molecule has 0 aliphatic heterocycles. The Morgan fingerprint density at radius 1 is 1.10 bits per heavy atom. The minimum absolute atomic E-state index is 0.198. The molecule has 6 heteroatoms. The number of hydrogen-bond donors (Lipinski definition) is 0. The number of imidazole rings is 1. The number of ether oxygens (including phenoxy) is 3. The first-order valence-electron chi connectivity index (χ1n) is 10.7. The third-order valence-corrected chi connectivity index (χ3v) is 5.57. The molecule has 0 bridgehead atoms. The number of hydrogen-bond acceptors (Lipinski definition) is 5. The zero-order valence-electron chi connectivity index (χ0n) is 17.8. The van der Waals surface area contributed by atoms with Crippen molar-refractivity contribution < 1.29 is 19.0 Å². The molecule has 4 rings (SSSR count). The minimum Gasteiger partial charge on any atom is -0.483 e. The van der Waals surface area contributed by atoms with E-state index in [2.05, 4.69) is 17.1 Å². The molecule has 3 aromatic rings. The molecular formula is C25H28N2O4. The number of carbonyl (C=O) groups excluding carboxylic acids is 1. The summed E-state index contributed by atoms with van der Waals surface area (Å²) in [4.78, 5) is 16.6. The van der Waals surface area contributed by atoms with Gasteiger partial charge in [0.15, 0.2) is 5.78 Å². The molecule has 31 heavy (non-hydrogen) atoms. The highest BCUT2D eigenvalue weighted by atomic mass is 16.5. The van der Waals surface area contributed by atoms with Gasteiger partial charge in [0.2, 0.25) is 0 Å². The largest absolute Gasteiger partial charge is 0.483 e. The molecule has 0 N–H and O–H groups in total. The van der Waals surface area contributed by atoms with Crippen molar-refractivity contribution in [1.29, 1.82) is 0 Å². The number of benzene rings is 2. The number of aromatic nitrogens is 2. The van der Waals surface area contributed by atoms with Crippen molar-refractivity contribution >= 4 is 5.78 Å². The zero-order valence-corrected chi connectivity index (χ0v) is 17.8. The summed E-state index contributed by atoms with van der Waals surface area (Å²) in [5, 5.41) is 0. The number of ketones is 1. The van der Waals surface area contributed by atoms with Crippen molar-refractivity contribution in [2.24, 2.45) is 0 Å². The lowest BCUT2D eigenvalue weighted by molar-refractivity contribution is 0.0590. The van der Waals surface area contributed by atoms with E-state index in [0.717, 1.165) is 40.8 Å². The molecule has 0 saturated heterocycles. The lowest BCUT2D eigenvalue weighted by atomic mass is 9.87. The van der Waals surface area contributed by atoms with E-state index in [1.54, 1.807) is 19.6 Å². The van der Waals surface area contributed by atoms with Crippen LogP contribution < -0.4 is 4.74 Å². The highest BCUT2D eigenvalue weighted by Crippen LogP contribution is 2.34. The predicted octanol–water partition coefficient (Wildman–Crippen LogP) is 4.39. The molecule has 162 valence electrons. The summed E-state index contributed by atoms with van der Waals surface area (Å²) >= 11 is 0. The minimum atomic E-state index is -0.203. The highest BCUT2D eigenvalue weighted by Gasteiger charge is 2.24. The van der Waals surface area contributed by atoms with Crippen LogP contribution >= 0.6 is 0 Å². The summed E-state index contributed by atoms with van der Waals surface area (Å²) in [5.74, 6) is 0.962. The second-order valence-corrected chi connectivity index (χ2v) is 7.67. The average molecular weight is 421 g/mol. The van der Waals surface area contributed by atoms with Crippen LogP contribution in [0.15, 0.2) is 61.2 Å². The van der Waals surface area contributed by atoms with Gasteiger partial charge in [-0.3, -0.25) is 4.79 Å². The SMILES string of the molecule is COCCOCc1c(OC(Cn2ccnc2)c2ccccc2)ccc2c1CCCC2=O. The van der Waals surface area contributed by atoms with Gasteiger partial charge in [-0.25, -0.2) is 4.98 Å². The van der Waals surface area contributed by atoms with Gasteiger partial charge in [0.1, 0.15) is 11.9 Å². The fourth-order valence-electron chi connectivity index (χ4n) is 3.98. The highest BCUT2D eigenvalue weighted by molar-refractivity contribution is 5.99. The van der Waals surface area contributed by atoms with Gasteiger partial charge < -0.3 is 18.8 Å². The average Bonchev–Trinajstić information content (AvgIpc) is 3.31. The van der Waals surface area contributed by atoms with Crippen LogP contribution in [0.25, 0.3) is 0 Å². The zero-order chi connectivity index (χ0) is 21.5. The lowest BCUT2D eigenvalue weighted by Crippen LogP contribution is -2.18. The summed E-state index contributed by atoms with van der Waals surface area (Å²) < 4.78 is 19.6. The van der Waals surface area contributed by atoms with E-state index in [-0.39, 0.29) is 11.9 Å². The summed E-state index contributed by atoms with van der Waals surface area (Å²) in [6.45, 7) is 2.04. The van der Waals surface area contributed by atoms with Crippen LogP contribution in [0.5, 0.6) is 5.75 Å². The van der Waals surface area contributed by atoms with E-state index in [1.807, 2.05) is 41.1 Å². The lowest BCUT2D eigenvalue weighted by Gasteiger charge is -2.25. The Morgan fingerprint density at radius 2 is 1.97 bits per heavy atom. The van der Waals surface area contributed by atoms with Crippen LogP contribution in [-0.4, -0.2) is 35.7 Å². The third-order valence-electron chi connectivity index (χ3n) is 5.57. The van der Waals surface area contributed by atoms with Gasteiger partial charge in [0.05, 0.1) is 32.7 Å².